The minimum Gasteiger partial charge on any atom is -0.478 e. The Kier molecular flexibility index (Phi) is 3.76. The van der Waals surface area contributed by atoms with Crippen LogP contribution < -0.4 is 0 Å². The Labute approximate surface area is 95.8 Å². The van der Waals surface area contributed by atoms with E-state index in [0.717, 1.165) is 18.2 Å². The lowest BCUT2D eigenvalue weighted by atomic mass is 10.1. The number of esters is 1. The van der Waals surface area contributed by atoms with Crippen molar-refractivity contribution in [2.45, 2.75) is 6.92 Å². The molecule has 1 aromatic carbocycles. The summed E-state index contributed by atoms with van der Waals surface area (Å²) in [6, 6.07) is 2.95. The predicted molar refractivity (Wildman–Crippen MR) is 56.0 cm³/mol. The molecule has 0 atom stereocenters. The van der Waals surface area contributed by atoms with E-state index in [1.54, 1.807) is 6.92 Å². The molecule has 1 N–H and O–H groups in total. The van der Waals surface area contributed by atoms with Crippen molar-refractivity contribution in [2.75, 3.05) is 6.61 Å². The van der Waals surface area contributed by atoms with Gasteiger partial charge in [0, 0.05) is 12.1 Å². The van der Waals surface area contributed by atoms with Crippen molar-refractivity contribution in [2.24, 2.45) is 0 Å². The topological polar surface area (TPSA) is 107 Å². The number of carbonyl (C=O) groups is 2. The number of rotatable bonds is 4. The average molecular weight is 239 g/mol. The summed E-state index contributed by atoms with van der Waals surface area (Å²) in [5, 5.41) is 19.3. The smallest absolute Gasteiger partial charge is 0.339 e. The van der Waals surface area contributed by atoms with E-state index in [2.05, 4.69) is 4.74 Å². The van der Waals surface area contributed by atoms with Gasteiger partial charge >= 0.3 is 11.9 Å². The number of non-ortho nitro benzene ring substituents is 1. The van der Waals surface area contributed by atoms with Crippen molar-refractivity contribution in [3.8, 4) is 0 Å². The van der Waals surface area contributed by atoms with Crippen LogP contribution in [0.4, 0.5) is 5.69 Å². The Morgan fingerprint density at radius 3 is 2.53 bits per heavy atom. The number of carboxylic acid groups (broad SMARTS) is 1. The molecule has 0 bridgehead atoms. The Morgan fingerprint density at radius 1 is 1.41 bits per heavy atom. The molecule has 1 aromatic rings. The number of nitro groups is 1. The second-order valence-electron chi connectivity index (χ2n) is 3.01. The Hall–Kier alpha value is -2.44. The molecule has 0 aliphatic rings. The Bertz CT molecular complexity index is 482. The zero-order valence-electron chi connectivity index (χ0n) is 8.87. The monoisotopic (exact) mass is 239 g/mol. The summed E-state index contributed by atoms with van der Waals surface area (Å²) in [5.41, 5.74) is -1.04. The van der Waals surface area contributed by atoms with Gasteiger partial charge in [0.1, 0.15) is 0 Å². The molecular formula is C10H9NO6. The predicted octanol–water partition coefficient (Wildman–Crippen LogP) is 1.47. The van der Waals surface area contributed by atoms with Gasteiger partial charge in [0.2, 0.25) is 0 Å². The number of aromatic carboxylic acids is 1. The maximum Gasteiger partial charge on any atom is 0.339 e. The van der Waals surface area contributed by atoms with Crippen LogP contribution >= 0.6 is 0 Å². The van der Waals surface area contributed by atoms with Crippen molar-refractivity contribution in [3.63, 3.8) is 0 Å². The van der Waals surface area contributed by atoms with Gasteiger partial charge in [-0.2, -0.15) is 0 Å². The second kappa shape index (κ2) is 5.06. The summed E-state index contributed by atoms with van der Waals surface area (Å²) >= 11 is 0. The van der Waals surface area contributed by atoms with Gasteiger partial charge in [0.25, 0.3) is 5.69 Å². The number of benzene rings is 1. The van der Waals surface area contributed by atoms with Crippen molar-refractivity contribution in [1.29, 1.82) is 0 Å². The zero-order chi connectivity index (χ0) is 13.0. The molecule has 0 heterocycles. The average Bonchev–Trinajstić information content (AvgIpc) is 2.28. The summed E-state index contributed by atoms with van der Waals surface area (Å²) in [5.74, 6) is -2.24. The number of nitrogens with zero attached hydrogens (tertiary/aromatic N) is 1. The number of nitro benzene ring substituents is 1. The molecule has 0 aliphatic carbocycles. The molecule has 0 saturated carbocycles. The maximum atomic E-state index is 11.4. The molecule has 1 rings (SSSR count). The molecule has 0 saturated heterocycles. The fourth-order valence-corrected chi connectivity index (χ4v) is 1.21. The van der Waals surface area contributed by atoms with E-state index in [-0.39, 0.29) is 12.2 Å². The third kappa shape index (κ3) is 2.77. The number of hydrogen-bond acceptors (Lipinski definition) is 5. The van der Waals surface area contributed by atoms with Gasteiger partial charge in [0.05, 0.1) is 22.7 Å². The highest BCUT2D eigenvalue weighted by Crippen LogP contribution is 2.18. The summed E-state index contributed by atoms with van der Waals surface area (Å²) < 4.78 is 4.65. The molecule has 0 radical (unpaired) electrons. The molecule has 0 unspecified atom stereocenters. The highest BCUT2D eigenvalue weighted by molar-refractivity contribution is 6.02. The summed E-state index contributed by atoms with van der Waals surface area (Å²) in [7, 11) is 0. The molecule has 7 heteroatoms. The molecule has 7 nitrogen and oxygen atoms in total. The standard InChI is InChI=1S/C10H9NO6/c1-2-17-10(14)7-4-3-6(11(15)16)5-8(7)9(12)13/h3-5H,2H2,1H3,(H,12,13). The van der Waals surface area contributed by atoms with Crippen molar-refractivity contribution in [3.05, 3.63) is 39.4 Å². The molecule has 0 fully saturated rings. The SMILES string of the molecule is CCOC(=O)c1ccc([N+](=O)[O-])cc1C(=O)O. The van der Waals surface area contributed by atoms with E-state index in [1.165, 1.54) is 0 Å². The van der Waals surface area contributed by atoms with Gasteiger partial charge in [-0.15, -0.1) is 0 Å². The molecule has 0 aromatic heterocycles. The third-order valence-corrected chi connectivity index (χ3v) is 1.94. The van der Waals surface area contributed by atoms with Crippen LogP contribution in [0.1, 0.15) is 27.6 Å². The lowest BCUT2D eigenvalue weighted by Crippen LogP contribution is -2.12. The van der Waals surface area contributed by atoms with Crippen molar-refractivity contribution >= 4 is 17.6 Å². The molecular weight excluding hydrogens is 230 g/mol. The molecule has 90 valence electrons. The lowest BCUT2D eigenvalue weighted by molar-refractivity contribution is -0.384. The first-order valence-corrected chi connectivity index (χ1v) is 4.66. The summed E-state index contributed by atoms with van der Waals surface area (Å²) in [6.45, 7) is 1.67. The van der Waals surface area contributed by atoms with E-state index in [1.807, 2.05) is 0 Å². The van der Waals surface area contributed by atoms with Crippen LogP contribution in [-0.2, 0) is 4.74 Å². The van der Waals surface area contributed by atoms with E-state index >= 15 is 0 Å². The van der Waals surface area contributed by atoms with E-state index in [9.17, 15) is 19.7 Å². The van der Waals surface area contributed by atoms with Gasteiger partial charge in [-0.25, -0.2) is 9.59 Å². The van der Waals surface area contributed by atoms with Crippen LogP contribution in [0.2, 0.25) is 0 Å². The lowest BCUT2D eigenvalue weighted by Gasteiger charge is -2.05. The molecule has 0 spiro atoms. The van der Waals surface area contributed by atoms with Crippen LogP contribution in [-0.4, -0.2) is 28.6 Å². The number of hydrogen-bond donors (Lipinski definition) is 1. The van der Waals surface area contributed by atoms with Gasteiger partial charge in [-0.05, 0) is 13.0 Å². The minimum atomic E-state index is -1.42. The third-order valence-electron chi connectivity index (χ3n) is 1.94. The van der Waals surface area contributed by atoms with Gasteiger partial charge in [-0.3, -0.25) is 10.1 Å². The van der Waals surface area contributed by atoms with Crippen LogP contribution in [0.3, 0.4) is 0 Å². The largest absolute Gasteiger partial charge is 0.478 e. The van der Waals surface area contributed by atoms with Crippen molar-refractivity contribution in [1.82, 2.24) is 0 Å². The quantitative estimate of drug-likeness (QED) is 0.484. The second-order valence-corrected chi connectivity index (χ2v) is 3.01. The van der Waals surface area contributed by atoms with Crippen LogP contribution in [0, 0.1) is 10.1 Å². The maximum absolute atomic E-state index is 11.4. The van der Waals surface area contributed by atoms with Crippen LogP contribution in [0.5, 0.6) is 0 Å². The number of carboxylic acids is 1. The summed E-state index contributed by atoms with van der Waals surface area (Å²) in [4.78, 5) is 32.0. The Balaban J connectivity index is 3.27. The fourth-order valence-electron chi connectivity index (χ4n) is 1.21. The number of carbonyl (C=O) groups excluding carboxylic acids is 1. The van der Waals surface area contributed by atoms with E-state index < -0.39 is 28.1 Å². The molecule has 0 amide bonds. The fraction of sp³-hybridized carbons (Fsp3) is 0.200. The van der Waals surface area contributed by atoms with E-state index in [4.69, 9.17) is 5.11 Å². The highest BCUT2D eigenvalue weighted by Gasteiger charge is 2.21. The minimum absolute atomic E-state index is 0.0921. The van der Waals surface area contributed by atoms with Crippen molar-refractivity contribution < 1.29 is 24.4 Å². The number of ether oxygens (including phenoxy) is 1. The Morgan fingerprint density at radius 2 is 2.06 bits per heavy atom. The first kappa shape index (κ1) is 12.6. The van der Waals surface area contributed by atoms with Crippen LogP contribution in [0.25, 0.3) is 0 Å². The highest BCUT2D eigenvalue weighted by atomic mass is 16.6. The molecule has 0 aliphatic heterocycles. The summed E-state index contributed by atoms with van der Waals surface area (Å²) in [6.07, 6.45) is 0. The van der Waals surface area contributed by atoms with Gasteiger partial charge in [-0.1, -0.05) is 0 Å². The normalized spacial score (nSPS) is 9.71. The van der Waals surface area contributed by atoms with Gasteiger partial charge < -0.3 is 9.84 Å². The van der Waals surface area contributed by atoms with Crippen LogP contribution in [0.15, 0.2) is 18.2 Å². The molecule has 17 heavy (non-hydrogen) atoms. The van der Waals surface area contributed by atoms with Gasteiger partial charge in [0.15, 0.2) is 0 Å². The first-order valence-electron chi connectivity index (χ1n) is 4.66. The first-order chi connectivity index (χ1) is 7.97. The van der Waals surface area contributed by atoms with E-state index in [0.29, 0.717) is 0 Å². The zero-order valence-corrected chi connectivity index (χ0v) is 8.87.